The molecule has 10 heteroatoms. The van der Waals surface area contributed by atoms with Crippen molar-refractivity contribution in [3.8, 4) is 0 Å². The molecule has 0 heterocycles. The van der Waals surface area contributed by atoms with Gasteiger partial charge in [-0.25, -0.2) is 4.79 Å². The number of halogens is 2. The third-order valence-electron chi connectivity index (χ3n) is 3.43. The highest BCUT2D eigenvalue weighted by molar-refractivity contribution is 6.34. The molecule has 0 bridgehead atoms. The van der Waals surface area contributed by atoms with Crippen LogP contribution in [0.5, 0.6) is 0 Å². The van der Waals surface area contributed by atoms with Gasteiger partial charge in [0.25, 0.3) is 11.8 Å². The normalized spacial score (nSPS) is 10.1. The molecule has 0 atom stereocenters. The van der Waals surface area contributed by atoms with Crippen molar-refractivity contribution in [3.05, 3.63) is 57.6 Å². The Bertz CT molecular complexity index is 889. The van der Waals surface area contributed by atoms with Crippen molar-refractivity contribution in [2.75, 3.05) is 24.1 Å². The number of nitrogens with two attached hydrogens (primary N) is 2. The number of amides is 4. The molecule has 0 aliphatic carbocycles. The van der Waals surface area contributed by atoms with Crippen molar-refractivity contribution < 1.29 is 14.4 Å². The number of rotatable bonds is 6. The van der Waals surface area contributed by atoms with E-state index in [1.165, 1.54) is 30.3 Å². The van der Waals surface area contributed by atoms with Gasteiger partial charge in [-0.3, -0.25) is 9.59 Å². The van der Waals surface area contributed by atoms with Crippen LogP contribution in [0.4, 0.5) is 16.2 Å². The number of primary amides is 1. The lowest BCUT2D eigenvalue weighted by atomic mass is 10.1. The molecule has 142 valence electrons. The van der Waals surface area contributed by atoms with Crippen molar-refractivity contribution in [2.45, 2.75) is 0 Å². The first kappa shape index (κ1) is 20.3. The van der Waals surface area contributed by atoms with Gasteiger partial charge in [0.2, 0.25) is 0 Å². The van der Waals surface area contributed by atoms with Crippen LogP contribution >= 0.6 is 23.2 Å². The van der Waals surface area contributed by atoms with Gasteiger partial charge in [0, 0.05) is 29.5 Å². The molecule has 0 radical (unpaired) electrons. The minimum Gasteiger partial charge on any atom is -0.398 e. The van der Waals surface area contributed by atoms with Gasteiger partial charge in [-0.1, -0.05) is 23.2 Å². The highest BCUT2D eigenvalue weighted by Gasteiger charge is 2.13. The highest BCUT2D eigenvalue weighted by atomic mass is 35.5. The SMILES string of the molecule is NC(=O)Nc1ccc(Cl)c(C(=O)NCCNC(=O)c2ccc(Cl)cc2N)c1. The first-order valence-corrected chi connectivity index (χ1v) is 8.51. The van der Waals surface area contributed by atoms with Crippen LogP contribution in [0.3, 0.4) is 0 Å². The maximum atomic E-state index is 12.2. The third-order valence-corrected chi connectivity index (χ3v) is 4.00. The van der Waals surface area contributed by atoms with Crippen LogP contribution in [0.15, 0.2) is 36.4 Å². The van der Waals surface area contributed by atoms with Crippen LogP contribution in [0, 0.1) is 0 Å². The summed E-state index contributed by atoms with van der Waals surface area (Å²) in [6, 6.07) is 8.18. The lowest BCUT2D eigenvalue weighted by Gasteiger charge is -2.10. The minimum absolute atomic E-state index is 0.155. The van der Waals surface area contributed by atoms with E-state index in [2.05, 4.69) is 16.0 Å². The summed E-state index contributed by atoms with van der Waals surface area (Å²) in [6.45, 7) is 0.325. The molecule has 0 aliphatic rings. The molecule has 2 rings (SSSR count). The maximum Gasteiger partial charge on any atom is 0.316 e. The molecule has 4 amide bonds. The van der Waals surface area contributed by atoms with Gasteiger partial charge in [-0.05, 0) is 36.4 Å². The number of anilines is 2. The summed E-state index contributed by atoms with van der Waals surface area (Å²) in [7, 11) is 0. The topological polar surface area (TPSA) is 139 Å². The van der Waals surface area contributed by atoms with Crippen LogP contribution in [0.2, 0.25) is 10.0 Å². The number of urea groups is 1. The van der Waals surface area contributed by atoms with Gasteiger partial charge in [-0.15, -0.1) is 0 Å². The highest BCUT2D eigenvalue weighted by Crippen LogP contribution is 2.20. The van der Waals surface area contributed by atoms with Crippen LogP contribution in [0.1, 0.15) is 20.7 Å². The predicted molar refractivity (Wildman–Crippen MR) is 105 cm³/mol. The van der Waals surface area contributed by atoms with E-state index in [-0.39, 0.29) is 35.3 Å². The molecule has 0 unspecified atom stereocenters. The number of carbonyl (C=O) groups is 3. The number of benzene rings is 2. The smallest absolute Gasteiger partial charge is 0.316 e. The maximum absolute atomic E-state index is 12.2. The average molecular weight is 410 g/mol. The summed E-state index contributed by atoms with van der Waals surface area (Å²) >= 11 is 11.8. The predicted octanol–water partition coefficient (Wildman–Crippen LogP) is 2.23. The molecule has 0 saturated heterocycles. The second-order valence-corrected chi connectivity index (χ2v) is 6.27. The zero-order valence-electron chi connectivity index (χ0n) is 14.0. The van der Waals surface area contributed by atoms with E-state index >= 15 is 0 Å². The first-order valence-electron chi connectivity index (χ1n) is 7.75. The standard InChI is InChI=1S/C17H17Cl2N5O3/c18-9-1-3-11(14(20)7-9)15(25)22-5-6-23-16(26)12-8-10(24-17(21)27)2-4-13(12)19/h1-4,7-8H,5-6,20H2,(H,22,25)(H,23,26)(H3,21,24,27). The van der Waals surface area contributed by atoms with E-state index in [0.717, 1.165) is 0 Å². The van der Waals surface area contributed by atoms with Crippen LogP contribution < -0.4 is 27.4 Å². The van der Waals surface area contributed by atoms with Crippen molar-refractivity contribution in [2.24, 2.45) is 5.73 Å². The molecule has 0 aliphatic heterocycles. The number of hydrogen-bond acceptors (Lipinski definition) is 4. The Morgan fingerprint density at radius 2 is 1.52 bits per heavy atom. The Morgan fingerprint density at radius 1 is 0.889 bits per heavy atom. The Morgan fingerprint density at radius 3 is 2.11 bits per heavy atom. The Balaban J connectivity index is 1.89. The third kappa shape index (κ3) is 5.77. The Labute approximate surface area is 165 Å². The number of nitrogen functional groups attached to an aromatic ring is 1. The van der Waals surface area contributed by atoms with Crippen molar-refractivity contribution in [1.29, 1.82) is 0 Å². The van der Waals surface area contributed by atoms with Gasteiger partial charge in [0.15, 0.2) is 0 Å². The minimum atomic E-state index is -0.757. The summed E-state index contributed by atoms with van der Waals surface area (Å²) in [5.74, 6) is -0.850. The quantitative estimate of drug-likeness (QED) is 0.368. The molecule has 0 saturated carbocycles. The molecule has 7 N–H and O–H groups in total. The van der Waals surface area contributed by atoms with Crippen molar-refractivity contribution in [3.63, 3.8) is 0 Å². The fourth-order valence-corrected chi connectivity index (χ4v) is 2.59. The van der Waals surface area contributed by atoms with Gasteiger partial charge in [0.1, 0.15) is 0 Å². The number of hydrogen-bond donors (Lipinski definition) is 5. The fraction of sp³-hybridized carbons (Fsp3) is 0.118. The fourth-order valence-electron chi connectivity index (χ4n) is 2.20. The van der Waals surface area contributed by atoms with Gasteiger partial charge < -0.3 is 27.4 Å². The molecule has 0 spiro atoms. The summed E-state index contributed by atoms with van der Waals surface area (Å²) < 4.78 is 0. The van der Waals surface area contributed by atoms with E-state index in [0.29, 0.717) is 16.3 Å². The largest absolute Gasteiger partial charge is 0.398 e. The zero-order valence-corrected chi connectivity index (χ0v) is 15.5. The zero-order chi connectivity index (χ0) is 20.0. The first-order chi connectivity index (χ1) is 12.8. The Hall–Kier alpha value is -2.97. The molecule has 0 fully saturated rings. The molecular formula is C17H17Cl2N5O3. The average Bonchev–Trinajstić information content (AvgIpc) is 2.59. The molecule has 27 heavy (non-hydrogen) atoms. The van der Waals surface area contributed by atoms with E-state index in [9.17, 15) is 14.4 Å². The summed E-state index contributed by atoms with van der Waals surface area (Å²) in [5, 5.41) is 8.25. The monoisotopic (exact) mass is 409 g/mol. The summed E-state index contributed by atoms with van der Waals surface area (Å²) in [5.41, 5.74) is 11.8. The molecular weight excluding hydrogens is 393 g/mol. The van der Waals surface area contributed by atoms with Gasteiger partial charge >= 0.3 is 6.03 Å². The molecule has 2 aromatic rings. The Kier molecular flexibility index (Phi) is 6.86. The van der Waals surface area contributed by atoms with Gasteiger partial charge in [-0.2, -0.15) is 0 Å². The van der Waals surface area contributed by atoms with Crippen LogP contribution in [0.25, 0.3) is 0 Å². The molecule has 0 aromatic heterocycles. The van der Waals surface area contributed by atoms with E-state index < -0.39 is 11.9 Å². The van der Waals surface area contributed by atoms with Crippen molar-refractivity contribution in [1.82, 2.24) is 10.6 Å². The van der Waals surface area contributed by atoms with E-state index in [1.54, 1.807) is 6.07 Å². The van der Waals surface area contributed by atoms with Crippen molar-refractivity contribution >= 4 is 52.4 Å². The second kappa shape index (κ2) is 9.11. The lowest BCUT2D eigenvalue weighted by Crippen LogP contribution is -2.35. The van der Waals surface area contributed by atoms with Crippen LogP contribution in [-0.2, 0) is 0 Å². The second-order valence-electron chi connectivity index (χ2n) is 5.43. The molecule has 8 nitrogen and oxygen atoms in total. The van der Waals surface area contributed by atoms with E-state index in [1.807, 2.05) is 0 Å². The molecule has 2 aromatic carbocycles. The van der Waals surface area contributed by atoms with Gasteiger partial charge in [0.05, 0.1) is 16.1 Å². The summed E-state index contributed by atoms with van der Waals surface area (Å²) in [4.78, 5) is 35.2. The number of nitrogens with one attached hydrogen (secondary N) is 3. The van der Waals surface area contributed by atoms with Crippen LogP contribution in [-0.4, -0.2) is 30.9 Å². The number of carbonyl (C=O) groups excluding carboxylic acids is 3. The summed E-state index contributed by atoms with van der Waals surface area (Å²) in [6.07, 6.45) is 0. The van der Waals surface area contributed by atoms with E-state index in [4.69, 9.17) is 34.7 Å². The lowest BCUT2D eigenvalue weighted by molar-refractivity contribution is 0.0928.